The van der Waals surface area contributed by atoms with Gasteiger partial charge in [0.25, 0.3) is 0 Å². The monoisotopic (exact) mass is 545 g/mol. The lowest BCUT2D eigenvalue weighted by Crippen LogP contribution is -1.92. The van der Waals surface area contributed by atoms with Crippen LogP contribution >= 0.6 is 0 Å². The van der Waals surface area contributed by atoms with Crippen LogP contribution in [0.5, 0.6) is 0 Å². The largest absolute Gasteiger partial charge is 0.366 e. The van der Waals surface area contributed by atoms with Gasteiger partial charge in [0.1, 0.15) is 12.1 Å². The van der Waals surface area contributed by atoms with Gasteiger partial charge >= 0.3 is 0 Å². The third-order valence-corrected chi connectivity index (χ3v) is 5.77. The SMILES string of the molecule is Nc1n[nH]c(-c2cccnc2)n1.O=CCc1ccccc1.c1ccc(CCCc2nc(-c3cccnc3)n[nH]2)cc1. The molecule has 0 saturated heterocycles. The van der Waals surface area contributed by atoms with Gasteiger partial charge in [0.05, 0.1) is 0 Å². The molecule has 0 aliphatic heterocycles. The zero-order valence-electron chi connectivity index (χ0n) is 22.5. The quantitative estimate of drug-likeness (QED) is 0.228. The van der Waals surface area contributed by atoms with Crippen LogP contribution in [0.2, 0.25) is 0 Å². The average molecular weight is 546 g/mol. The van der Waals surface area contributed by atoms with Crippen molar-refractivity contribution < 1.29 is 4.79 Å². The summed E-state index contributed by atoms with van der Waals surface area (Å²) < 4.78 is 0. The van der Waals surface area contributed by atoms with E-state index in [4.69, 9.17) is 5.73 Å². The molecule has 4 heterocycles. The Morgan fingerprint density at radius 1 is 0.683 bits per heavy atom. The van der Waals surface area contributed by atoms with E-state index in [9.17, 15) is 4.79 Å². The van der Waals surface area contributed by atoms with Gasteiger partial charge in [-0.3, -0.25) is 20.2 Å². The summed E-state index contributed by atoms with van der Waals surface area (Å²) in [5.41, 5.74) is 9.60. The summed E-state index contributed by atoms with van der Waals surface area (Å²) in [4.78, 5) is 26.5. The standard InChI is InChI=1S/C16H16N4.C8H8O.C7H7N5/c1-2-6-13(7-3-1)8-4-10-15-18-16(20-19-15)14-9-5-11-17-12-14;9-7-6-8-4-2-1-3-5-8;8-7-10-6(11-12-7)5-2-1-3-9-4-5/h1-3,5-7,9,11-12H,4,8,10H2,(H,18,19,20);1-5,7H,6H2;1-4H,(H3,8,10,11,12). The van der Waals surface area contributed by atoms with Crippen LogP contribution in [-0.4, -0.2) is 46.6 Å². The summed E-state index contributed by atoms with van der Waals surface area (Å²) in [5.74, 6) is 2.53. The molecular weight excluding hydrogens is 514 g/mol. The van der Waals surface area contributed by atoms with Gasteiger partial charge in [-0.25, -0.2) is 4.98 Å². The number of nitrogens with one attached hydrogen (secondary N) is 2. The van der Waals surface area contributed by atoms with E-state index in [1.54, 1.807) is 24.8 Å². The molecule has 206 valence electrons. The number of benzene rings is 2. The molecule has 0 aliphatic rings. The van der Waals surface area contributed by atoms with Crippen LogP contribution in [-0.2, 0) is 24.1 Å². The van der Waals surface area contributed by atoms with Crippen LogP contribution in [0.15, 0.2) is 110 Å². The molecule has 0 fully saturated rings. The van der Waals surface area contributed by atoms with Gasteiger partial charge in [0.15, 0.2) is 11.6 Å². The highest BCUT2D eigenvalue weighted by Gasteiger charge is 2.05. The molecule has 10 heteroatoms. The van der Waals surface area contributed by atoms with Gasteiger partial charge in [-0.15, -0.1) is 5.10 Å². The fourth-order valence-corrected chi connectivity index (χ4v) is 3.75. The molecule has 0 spiro atoms. The number of rotatable bonds is 8. The second kappa shape index (κ2) is 15.8. The first-order chi connectivity index (χ1) is 20.2. The number of nitrogens with zero attached hydrogens (tertiary/aromatic N) is 6. The topological polar surface area (TPSA) is 152 Å². The highest BCUT2D eigenvalue weighted by Crippen LogP contribution is 2.14. The Morgan fingerprint density at radius 3 is 1.93 bits per heavy atom. The van der Waals surface area contributed by atoms with Crippen molar-refractivity contribution in [1.82, 2.24) is 40.3 Å². The number of aromatic amines is 2. The molecule has 4 N–H and O–H groups in total. The molecule has 0 atom stereocenters. The van der Waals surface area contributed by atoms with Crippen molar-refractivity contribution >= 4 is 12.2 Å². The Labute approximate surface area is 238 Å². The molecule has 0 unspecified atom stereocenters. The molecule has 41 heavy (non-hydrogen) atoms. The fourth-order valence-electron chi connectivity index (χ4n) is 3.75. The Bertz CT molecular complexity index is 1550. The van der Waals surface area contributed by atoms with Gasteiger partial charge in [0, 0.05) is 48.8 Å². The minimum atomic E-state index is 0.244. The molecule has 2 aromatic carbocycles. The van der Waals surface area contributed by atoms with Crippen molar-refractivity contribution in [1.29, 1.82) is 0 Å². The first-order valence-electron chi connectivity index (χ1n) is 13.1. The third-order valence-electron chi connectivity index (χ3n) is 5.77. The number of carbonyl (C=O) groups is 1. The zero-order chi connectivity index (χ0) is 28.5. The fraction of sp³-hybridized carbons (Fsp3) is 0.129. The van der Waals surface area contributed by atoms with E-state index in [1.807, 2.05) is 60.7 Å². The lowest BCUT2D eigenvalue weighted by atomic mass is 10.1. The number of nitrogens with two attached hydrogens (primary N) is 1. The highest BCUT2D eigenvalue weighted by atomic mass is 16.1. The van der Waals surface area contributed by atoms with E-state index in [-0.39, 0.29) is 5.95 Å². The Balaban J connectivity index is 0.000000156. The number of pyridine rings is 2. The third kappa shape index (κ3) is 9.63. The number of carbonyl (C=O) groups excluding carboxylic acids is 1. The molecule has 0 aliphatic carbocycles. The van der Waals surface area contributed by atoms with Gasteiger partial charge in [-0.2, -0.15) is 10.1 Å². The van der Waals surface area contributed by atoms with Crippen LogP contribution < -0.4 is 5.73 Å². The summed E-state index contributed by atoms with van der Waals surface area (Å²) in [6.07, 6.45) is 11.4. The molecule has 0 saturated carbocycles. The van der Waals surface area contributed by atoms with E-state index in [0.29, 0.717) is 18.1 Å². The molecule has 0 amide bonds. The summed E-state index contributed by atoms with van der Waals surface area (Å²) in [6, 6.07) is 27.7. The number of hydrogen-bond donors (Lipinski definition) is 3. The first-order valence-corrected chi connectivity index (χ1v) is 13.1. The second-order valence-corrected chi connectivity index (χ2v) is 8.83. The first kappa shape index (κ1) is 28.5. The minimum absolute atomic E-state index is 0.244. The van der Waals surface area contributed by atoms with Crippen LogP contribution in [0.3, 0.4) is 0 Å². The van der Waals surface area contributed by atoms with E-state index < -0.39 is 0 Å². The molecule has 0 radical (unpaired) electrons. The molecule has 10 nitrogen and oxygen atoms in total. The van der Waals surface area contributed by atoms with E-state index in [1.165, 1.54) is 5.56 Å². The molecule has 0 bridgehead atoms. The van der Waals surface area contributed by atoms with Crippen LogP contribution in [0.1, 0.15) is 23.4 Å². The van der Waals surface area contributed by atoms with Gasteiger partial charge in [-0.1, -0.05) is 60.7 Å². The number of nitrogen functional groups attached to an aromatic ring is 1. The molecular formula is C31H31N9O. The van der Waals surface area contributed by atoms with Crippen LogP contribution in [0, 0.1) is 0 Å². The predicted molar refractivity (Wildman–Crippen MR) is 158 cm³/mol. The maximum absolute atomic E-state index is 9.97. The van der Waals surface area contributed by atoms with Gasteiger partial charge in [-0.05, 0) is 48.2 Å². The lowest BCUT2D eigenvalue weighted by Gasteiger charge is -1.98. The van der Waals surface area contributed by atoms with Gasteiger partial charge < -0.3 is 10.5 Å². The van der Waals surface area contributed by atoms with Crippen molar-refractivity contribution in [2.24, 2.45) is 0 Å². The lowest BCUT2D eigenvalue weighted by molar-refractivity contribution is -0.107. The van der Waals surface area contributed by atoms with Crippen LogP contribution in [0.25, 0.3) is 22.8 Å². The molecule has 6 aromatic rings. The normalized spacial score (nSPS) is 10.0. The van der Waals surface area contributed by atoms with Crippen LogP contribution in [0.4, 0.5) is 5.95 Å². The summed E-state index contributed by atoms with van der Waals surface area (Å²) >= 11 is 0. The number of H-pyrrole nitrogens is 2. The predicted octanol–water partition coefficient (Wildman–Crippen LogP) is 4.92. The number of hydrogen-bond acceptors (Lipinski definition) is 8. The smallest absolute Gasteiger partial charge is 0.239 e. The molecule has 4 aromatic heterocycles. The second-order valence-electron chi connectivity index (χ2n) is 8.83. The Hall–Kier alpha value is -5.51. The van der Waals surface area contributed by atoms with E-state index in [0.717, 1.165) is 48.1 Å². The maximum atomic E-state index is 9.97. The van der Waals surface area contributed by atoms with E-state index >= 15 is 0 Å². The number of aromatic nitrogens is 8. The minimum Gasteiger partial charge on any atom is -0.366 e. The zero-order valence-corrected chi connectivity index (χ0v) is 22.5. The summed E-state index contributed by atoms with van der Waals surface area (Å²) in [6.45, 7) is 0. The number of anilines is 1. The molecule has 6 rings (SSSR count). The summed E-state index contributed by atoms with van der Waals surface area (Å²) in [7, 11) is 0. The Morgan fingerprint density at radius 2 is 1.34 bits per heavy atom. The van der Waals surface area contributed by atoms with Crippen molar-refractivity contribution in [3.05, 3.63) is 127 Å². The van der Waals surface area contributed by atoms with Crippen molar-refractivity contribution in [2.45, 2.75) is 25.7 Å². The number of aryl methyl sites for hydroxylation is 2. The number of aldehydes is 1. The van der Waals surface area contributed by atoms with Crippen molar-refractivity contribution in [2.75, 3.05) is 5.73 Å². The van der Waals surface area contributed by atoms with Crippen molar-refractivity contribution in [3.8, 4) is 22.8 Å². The van der Waals surface area contributed by atoms with Gasteiger partial charge in [0.2, 0.25) is 5.95 Å². The van der Waals surface area contributed by atoms with E-state index in [2.05, 4.69) is 64.6 Å². The van der Waals surface area contributed by atoms with Crippen molar-refractivity contribution in [3.63, 3.8) is 0 Å². The summed E-state index contributed by atoms with van der Waals surface area (Å²) in [5, 5.41) is 13.6. The Kier molecular flexibility index (Phi) is 11.0. The highest BCUT2D eigenvalue weighted by molar-refractivity contribution is 5.55. The average Bonchev–Trinajstić information content (AvgIpc) is 3.69. The maximum Gasteiger partial charge on any atom is 0.239 e.